The van der Waals surface area contributed by atoms with E-state index in [1.807, 2.05) is 12.1 Å². The van der Waals surface area contributed by atoms with Crippen LogP contribution in [0.3, 0.4) is 0 Å². The Kier molecular flexibility index (Phi) is 6.96. The fourth-order valence-corrected chi connectivity index (χ4v) is 4.47. The first-order valence-corrected chi connectivity index (χ1v) is 10.3. The summed E-state index contributed by atoms with van der Waals surface area (Å²) in [5.41, 5.74) is 0.841. The second-order valence-corrected chi connectivity index (χ2v) is 8.59. The van der Waals surface area contributed by atoms with Crippen LogP contribution in [-0.2, 0) is 14.3 Å². The molecule has 1 aliphatic heterocycles. The Morgan fingerprint density at radius 3 is 2.61 bits per heavy atom. The molecule has 4 atom stereocenters. The number of hydrogen-bond donors (Lipinski definition) is 1. The van der Waals surface area contributed by atoms with Gasteiger partial charge in [-0.05, 0) is 50.6 Å². The van der Waals surface area contributed by atoms with Crippen molar-refractivity contribution in [1.82, 2.24) is 15.1 Å². The van der Waals surface area contributed by atoms with Gasteiger partial charge in [0.15, 0.2) is 6.10 Å². The summed E-state index contributed by atoms with van der Waals surface area (Å²) in [5, 5.41) is 3.85. The van der Waals surface area contributed by atoms with Gasteiger partial charge in [0, 0.05) is 24.7 Å². The number of nitrogens with one attached hydrogen (secondary N) is 1. The van der Waals surface area contributed by atoms with Crippen molar-refractivity contribution < 1.29 is 14.3 Å². The molecule has 3 rings (SSSR count). The molecule has 2 fully saturated rings. The summed E-state index contributed by atoms with van der Waals surface area (Å²) in [6.45, 7) is 0.875. The summed E-state index contributed by atoms with van der Waals surface area (Å²) >= 11 is 6.01. The Hall–Kier alpha value is -1.63. The van der Waals surface area contributed by atoms with E-state index in [1.54, 1.807) is 24.1 Å². The second kappa shape index (κ2) is 9.25. The number of hydrogen-bond acceptors (Lipinski definition) is 4. The van der Waals surface area contributed by atoms with Gasteiger partial charge >= 0.3 is 0 Å². The minimum atomic E-state index is -0.731. The minimum absolute atomic E-state index is 0.0789. The number of carbonyl (C=O) groups excluding carboxylic acids is 2. The molecule has 1 saturated heterocycles. The SMILES string of the molecule is CN(C)CC1CCCCC1NC(=O)C1OCC(=O)N(C)C1c1ccc(Cl)cc1. The lowest BCUT2D eigenvalue weighted by Gasteiger charge is -2.40. The topological polar surface area (TPSA) is 61.9 Å². The van der Waals surface area contributed by atoms with Crippen molar-refractivity contribution in [3.63, 3.8) is 0 Å². The highest BCUT2D eigenvalue weighted by Gasteiger charge is 2.41. The van der Waals surface area contributed by atoms with Crippen LogP contribution in [0.4, 0.5) is 0 Å². The van der Waals surface area contributed by atoms with Gasteiger partial charge in [-0.3, -0.25) is 9.59 Å². The van der Waals surface area contributed by atoms with E-state index >= 15 is 0 Å². The molecule has 0 spiro atoms. The van der Waals surface area contributed by atoms with Crippen molar-refractivity contribution in [2.45, 2.75) is 43.9 Å². The van der Waals surface area contributed by atoms with Gasteiger partial charge < -0.3 is 19.9 Å². The normalized spacial score (nSPS) is 28.5. The number of morpholine rings is 1. The average molecular weight is 408 g/mol. The Balaban J connectivity index is 1.77. The number of carbonyl (C=O) groups is 2. The Labute approximate surface area is 172 Å². The molecule has 1 aromatic rings. The van der Waals surface area contributed by atoms with E-state index in [-0.39, 0.29) is 24.5 Å². The van der Waals surface area contributed by atoms with Crippen LogP contribution in [0.25, 0.3) is 0 Å². The average Bonchev–Trinajstić information content (AvgIpc) is 2.66. The number of rotatable bonds is 5. The zero-order chi connectivity index (χ0) is 20.3. The lowest BCUT2D eigenvalue weighted by molar-refractivity contribution is -0.162. The lowest BCUT2D eigenvalue weighted by atomic mass is 9.84. The number of nitrogens with zero attached hydrogens (tertiary/aromatic N) is 2. The lowest BCUT2D eigenvalue weighted by Crippen LogP contribution is -2.56. The second-order valence-electron chi connectivity index (χ2n) is 8.15. The van der Waals surface area contributed by atoms with Gasteiger partial charge in [-0.25, -0.2) is 0 Å². The van der Waals surface area contributed by atoms with Crippen LogP contribution in [0.5, 0.6) is 0 Å². The quantitative estimate of drug-likeness (QED) is 0.814. The first kappa shape index (κ1) is 21.1. The third-order valence-electron chi connectivity index (χ3n) is 5.79. The maximum atomic E-state index is 13.2. The molecule has 154 valence electrons. The van der Waals surface area contributed by atoms with Gasteiger partial charge in [-0.1, -0.05) is 36.6 Å². The van der Waals surface area contributed by atoms with Crippen LogP contribution in [0.2, 0.25) is 5.02 Å². The third kappa shape index (κ3) is 4.85. The number of ether oxygens (including phenoxy) is 1. The van der Waals surface area contributed by atoms with E-state index in [2.05, 4.69) is 24.3 Å². The maximum Gasteiger partial charge on any atom is 0.251 e. The number of benzene rings is 1. The monoisotopic (exact) mass is 407 g/mol. The predicted octanol–water partition coefficient (Wildman–Crippen LogP) is 2.47. The first-order valence-electron chi connectivity index (χ1n) is 9.94. The van der Waals surface area contributed by atoms with Gasteiger partial charge in [-0.15, -0.1) is 0 Å². The first-order chi connectivity index (χ1) is 13.4. The molecule has 2 aliphatic rings. The van der Waals surface area contributed by atoms with E-state index in [9.17, 15) is 9.59 Å². The molecular weight excluding hydrogens is 378 g/mol. The van der Waals surface area contributed by atoms with Crippen molar-refractivity contribution in [1.29, 1.82) is 0 Å². The van der Waals surface area contributed by atoms with E-state index in [1.165, 1.54) is 6.42 Å². The number of likely N-dealkylation sites (N-methyl/N-ethyl adjacent to an activating group) is 1. The van der Waals surface area contributed by atoms with Crippen molar-refractivity contribution in [2.75, 3.05) is 34.3 Å². The standard InChI is InChI=1S/C21H30ClN3O3/c1-24(2)12-15-6-4-5-7-17(15)23-21(27)20-19(25(3)18(26)13-28-20)14-8-10-16(22)11-9-14/h8-11,15,17,19-20H,4-7,12-13H2,1-3H3,(H,23,27). The smallest absolute Gasteiger partial charge is 0.251 e. The molecule has 7 heteroatoms. The van der Waals surface area contributed by atoms with Gasteiger partial charge in [-0.2, -0.15) is 0 Å². The Morgan fingerprint density at radius 1 is 1.25 bits per heavy atom. The van der Waals surface area contributed by atoms with E-state index in [0.29, 0.717) is 10.9 Å². The largest absolute Gasteiger partial charge is 0.356 e. The summed E-state index contributed by atoms with van der Waals surface area (Å²) in [7, 11) is 5.85. The molecule has 2 amide bonds. The molecule has 1 heterocycles. The molecule has 28 heavy (non-hydrogen) atoms. The van der Waals surface area contributed by atoms with Crippen molar-refractivity contribution >= 4 is 23.4 Å². The zero-order valence-corrected chi connectivity index (χ0v) is 17.6. The highest BCUT2D eigenvalue weighted by Crippen LogP contribution is 2.31. The fraction of sp³-hybridized carbons (Fsp3) is 0.619. The van der Waals surface area contributed by atoms with Crippen LogP contribution in [0.1, 0.15) is 37.3 Å². The predicted molar refractivity (Wildman–Crippen MR) is 109 cm³/mol. The number of amides is 2. The van der Waals surface area contributed by atoms with Gasteiger partial charge in [0.25, 0.3) is 5.91 Å². The highest BCUT2D eigenvalue weighted by molar-refractivity contribution is 6.30. The summed E-state index contributed by atoms with van der Waals surface area (Å²) in [4.78, 5) is 29.2. The molecule has 1 saturated carbocycles. The maximum absolute atomic E-state index is 13.2. The van der Waals surface area contributed by atoms with Crippen LogP contribution < -0.4 is 5.32 Å². The summed E-state index contributed by atoms with van der Waals surface area (Å²) < 4.78 is 5.73. The van der Waals surface area contributed by atoms with Crippen LogP contribution in [0.15, 0.2) is 24.3 Å². The van der Waals surface area contributed by atoms with Crippen LogP contribution in [0, 0.1) is 5.92 Å². The third-order valence-corrected chi connectivity index (χ3v) is 6.04. The van der Waals surface area contributed by atoms with E-state index in [0.717, 1.165) is 31.4 Å². The molecule has 6 nitrogen and oxygen atoms in total. The molecule has 4 unspecified atom stereocenters. The Morgan fingerprint density at radius 2 is 1.93 bits per heavy atom. The molecular formula is C21H30ClN3O3. The van der Waals surface area contributed by atoms with Crippen LogP contribution >= 0.6 is 11.6 Å². The fourth-order valence-electron chi connectivity index (χ4n) is 4.34. The van der Waals surface area contributed by atoms with E-state index in [4.69, 9.17) is 16.3 Å². The highest BCUT2D eigenvalue weighted by atomic mass is 35.5. The molecule has 1 aromatic carbocycles. The van der Waals surface area contributed by atoms with Crippen molar-refractivity contribution in [3.05, 3.63) is 34.9 Å². The summed E-state index contributed by atoms with van der Waals surface area (Å²) in [6, 6.07) is 6.91. The van der Waals surface area contributed by atoms with E-state index < -0.39 is 12.1 Å². The zero-order valence-electron chi connectivity index (χ0n) is 16.9. The molecule has 0 radical (unpaired) electrons. The number of halogens is 1. The van der Waals surface area contributed by atoms with Gasteiger partial charge in [0.05, 0.1) is 6.04 Å². The van der Waals surface area contributed by atoms with Crippen molar-refractivity contribution in [3.8, 4) is 0 Å². The molecule has 0 bridgehead atoms. The molecule has 0 aromatic heterocycles. The summed E-state index contributed by atoms with van der Waals surface area (Å²) in [6.07, 6.45) is 3.70. The molecule has 1 N–H and O–H groups in total. The van der Waals surface area contributed by atoms with Gasteiger partial charge in [0.2, 0.25) is 5.91 Å². The van der Waals surface area contributed by atoms with Crippen LogP contribution in [-0.4, -0.2) is 68.1 Å². The van der Waals surface area contributed by atoms with Crippen molar-refractivity contribution in [2.24, 2.45) is 5.92 Å². The molecule has 1 aliphatic carbocycles. The van der Waals surface area contributed by atoms with Gasteiger partial charge in [0.1, 0.15) is 6.61 Å². The summed E-state index contributed by atoms with van der Waals surface area (Å²) in [5.74, 6) is 0.159. The Bertz CT molecular complexity index is 695. The minimum Gasteiger partial charge on any atom is -0.356 e.